The lowest BCUT2D eigenvalue weighted by Crippen LogP contribution is -2.19. The highest BCUT2D eigenvalue weighted by atomic mass is 15.3. The molecule has 0 aliphatic heterocycles. The number of hydrogen-bond donors (Lipinski definition) is 0. The molecule has 98 valence electrons. The maximum Gasteiger partial charge on any atom is 0.0992 e. The minimum atomic E-state index is 0.685. The van der Waals surface area contributed by atoms with Crippen LogP contribution in [0, 0.1) is 18.3 Å². The van der Waals surface area contributed by atoms with E-state index in [0.29, 0.717) is 5.56 Å². The first-order valence-corrected chi connectivity index (χ1v) is 6.38. The Morgan fingerprint density at radius 1 is 1.37 bits per heavy atom. The van der Waals surface area contributed by atoms with Gasteiger partial charge in [-0.1, -0.05) is 6.07 Å². The molecule has 0 saturated carbocycles. The van der Waals surface area contributed by atoms with Gasteiger partial charge in [-0.15, -0.1) is 0 Å². The molecule has 0 spiro atoms. The number of hydrogen-bond acceptors (Lipinski definition) is 3. The van der Waals surface area contributed by atoms with Crippen LogP contribution in [-0.2, 0) is 13.1 Å². The standard InChI is InChI=1S/C15H18N4/c1-4-19-15(8-12(2)17-19)11-18(3)14-7-5-6-13(9-14)10-16/h5-9H,4,11H2,1-3H3. The molecule has 1 heterocycles. The van der Waals surface area contributed by atoms with Gasteiger partial charge < -0.3 is 4.90 Å². The molecule has 2 aromatic rings. The van der Waals surface area contributed by atoms with Crippen LogP contribution in [0.2, 0.25) is 0 Å². The minimum Gasteiger partial charge on any atom is -0.369 e. The maximum absolute atomic E-state index is 8.94. The van der Waals surface area contributed by atoms with E-state index in [1.807, 2.05) is 42.9 Å². The summed E-state index contributed by atoms with van der Waals surface area (Å²) in [6, 6.07) is 11.9. The molecule has 0 fully saturated rings. The average Bonchev–Trinajstić information content (AvgIpc) is 2.78. The summed E-state index contributed by atoms with van der Waals surface area (Å²) in [7, 11) is 2.03. The first-order chi connectivity index (χ1) is 9.13. The number of rotatable bonds is 4. The van der Waals surface area contributed by atoms with Crippen LogP contribution < -0.4 is 4.90 Å². The summed E-state index contributed by atoms with van der Waals surface area (Å²) < 4.78 is 2.01. The smallest absolute Gasteiger partial charge is 0.0992 e. The largest absolute Gasteiger partial charge is 0.369 e. The molecule has 0 aliphatic rings. The van der Waals surface area contributed by atoms with Crippen molar-refractivity contribution in [3.05, 3.63) is 47.3 Å². The lowest BCUT2D eigenvalue weighted by molar-refractivity contribution is 0.613. The molecule has 0 N–H and O–H groups in total. The fourth-order valence-corrected chi connectivity index (χ4v) is 2.15. The Morgan fingerprint density at radius 2 is 2.16 bits per heavy atom. The van der Waals surface area contributed by atoms with Gasteiger partial charge in [0.2, 0.25) is 0 Å². The van der Waals surface area contributed by atoms with Crippen molar-refractivity contribution in [2.45, 2.75) is 26.9 Å². The second-order valence-electron chi connectivity index (χ2n) is 4.61. The molecule has 1 aromatic heterocycles. The van der Waals surface area contributed by atoms with Crippen LogP contribution in [-0.4, -0.2) is 16.8 Å². The SMILES string of the molecule is CCn1nc(C)cc1CN(C)c1cccc(C#N)c1. The topological polar surface area (TPSA) is 44.9 Å². The van der Waals surface area contributed by atoms with Crippen LogP contribution in [0.5, 0.6) is 0 Å². The number of anilines is 1. The number of nitrogens with zero attached hydrogens (tertiary/aromatic N) is 4. The molecule has 2 rings (SSSR count). The van der Waals surface area contributed by atoms with E-state index in [-0.39, 0.29) is 0 Å². The predicted octanol–water partition coefficient (Wildman–Crippen LogP) is 2.72. The second-order valence-corrected chi connectivity index (χ2v) is 4.61. The van der Waals surface area contributed by atoms with Gasteiger partial charge in [-0.25, -0.2) is 0 Å². The molecule has 0 amide bonds. The van der Waals surface area contributed by atoms with E-state index < -0.39 is 0 Å². The lowest BCUT2D eigenvalue weighted by atomic mass is 10.2. The third-order valence-electron chi connectivity index (χ3n) is 3.10. The van der Waals surface area contributed by atoms with Gasteiger partial charge in [0.15, 0.2) is 0 Å². The summed E-state index contributed by atoms with van der Waals surface area (Å²) >= 11 is 0. The van der Waals surface area contributed by atoms with Crippen LogP contribution in [0.25, 0.3) is 0 Å². The molecule has 0 bridgehead atoms. The molecule has 4 heteroatoms. The Kier molecular flexibility index (Phi) is 3.86. The van der Waals surface area contributed by atoms with E-state index >= 15 is 0 Å². The van der Waals surface area contributed by atoms with E-state index in [2.05, 4.69) is 29.1 Å². The molecule has 0 aliphatic carbocycles. The van der Waals surface area contributed by atoms with E-state index in [0.717, 1.165) is 24.5 Å². The third kappa shape index (κ3) is 2.94. The van der Waals surface area contributed by atoms with Crippen LogP contribution in [0.1, 0.15) is 23.9 Å². The van der Waals surface area contributed by atoms with Crippen LogP contribution in [0.15, 0.2) is 30.3 Å². The Hall–Kier alpha value is -2.28. The van der Waals surface area contributed by atoms with Crippen molar-refractivity contribution in [1.82, 2.24) is 9.78 Å². The zero-order chi connectivity index (χ0) is 13.8. The zero-order valence-corrected chi connectivity index (χ0v) is 11.6. The van der Waals surface area contributed by atoms with Crippen molar-refractivity contribution < 1.29 is 0 Å². The van der Waals surface area contributed by atoms with Crippen molar-refractivity contribution in [2.24, 2.45) is 0 Å². The van der Waals surface area contributed by atoms with E-state index in [9.17, 15) is 0 Å². The first kappa shape index (κ1) is 13.2. The Labute approximate surface area is 113 Å². The number of nitriles is 1. The highest BCUT2D eigenvalue weighted by Crippen LogP contribution is 2.17. The molecule has 4 nitrogen and oxygen atoms in total. The fourth-order valence-electron chi connectivity index (χ4n) is 2.15. The van der Waals surface area contributed by atoms with Crippen molar-refractivity contribution in [2.75, 3.05) is 11.9 Å². The van der Waals surface area contributed by atoms with Crippen molar-refractivity contribution in [3.63, 3.8) is 0 Å². The number of benzene rings is 1. The average molecular weight is 254 g/mol. The quantitative estimate of drug-likeness (QED) is 0.842. The monoisotopic (exact) mass is 254 g/mol. The van der Waals surface area contributed by atoms with E-state index in [4.69, 9.17) is 5.26 Å². The summed E-state index contributed by atoms with van der Waals surface area (Å²) in [5.74, 6) is 0. The van der Waals surface area contributed by atoms with Crippen molar-refractivity contribution in [3.8, 4) is 6.07 Å². The summed E-state index contributed by atoms with van der Waals surface area (Å²) in [5, 5.41) is 13.4. The predicted molar refractivity (Wildman–Crippen MR) is 75.9 cm³/mol. The van der Waals surface area contributed by atoms with Crippen LogP contribution in [0.3, 0.4) is 0 Å². The summed E-state index contributed by atoms with van der Waals surface area (Å²) in [5.41, 5.74) is 3.95. The van der Waals surface area contributed by atoms with E-state index in [1.165, 1.54) is 5.69 Å². The minimum absolute atomic E-state index is 0.685. The highest BCUT2D eigenvalue weighted by molar-refractivity contribution is 5.51. The Bertz CT molecular complexity index is 607. The fraction of sp³-hybridized carbons (Fsp3) is 0.333. The van der Waals surface area contributed by atoms with Crippen molar-refractivity contribution >= 4 is 5.69 Å². The molecule has 0 unspecified atom stereocenters. The first-order valence-electron chi connectivity index (χ1n) is 6.38. The second kappa shape index (κ2) is 5.57. The molecule has 0 radical (unpaired) electrons. The van der Waals surface area contributed by atoms with Crippen LogP contribution in [0.4, 0.5) is 5.69 Å². The number of aryl methyl sites for hydroxylation is 2. The lowest BCUT2D eigenvalue weighted by Gasteiger charge is -2.19. The van der Waals surface area contributed by atoms with Gasteiger partial charge in [0.05, 0.1) is 29.6 Å². The van der Waals surface area contributed by atoms with Gasteiger partial charge in [0, 0.05) is 19.3 Å². The summed E-state index contributed by atoms with van der Waals surface area (Å²) in [4.78, 5) is 2.13. The molecular formula is C15H18N4. The summed E-state index contributed by atoms with van der Waals surface area (Å²) in [6.07, 6.45) is 0. The summed E-state index contributed by atoms with van der Waals surface area (Å²) in [6.45, 7) is 5.75. The normalized spacial score (nSPS) is 10.2. The van der Waals surface area contributed by atoms with Crippen LogP contribution >= 0.6 is 0 Å². The van der Waals surface area contributed by atoms with Gasteiger partial charge in [-0.05, 0) is 38.1 Å². The Balaban J connectivity index is 2.20. The molecule has 1 aromatic carbocycles. The van der Waals surface area contributed by atoms with Gasteiger partial charge in [0.1, 0.15) is 0 Å². The van der Waals surface area contributed by atoms with Gasteiger partial charge in [0.25, 0.3) is 0 Å². The Morgan fingerprint density at radius 3 is 2.84 bits per heavy atom. The van der Waals surface area contributed by atoms with Gasteiger partial charge in [-0.2, -0.15) is 10.4 Å². The zero-order valence-electron chi connectivity index (χ0n) is 11.6. The molecule has 0 atom stereocenters. The number of aromatic nitrogens is 2. The maximum atomic E-state index is 8.94. The molecular weight excluding hydrogens is 236 g/mol. The molecule has 0 saturated heterocycles. The third-order valence-corrected chi connectivity index (χ3v) is 3.10. The highest BCUT2D eigenvalue weighted by Gasteiger charge is 2.08. The molecule has 19 heavy (non-hydrogen) atoms. The van der Waals surface area contributed by atoms with Gasteiger partial charge in [-0.3, -0.25) is 4.68 Å². The van der Waals surface area contributed by atoms with E-state index in [1.54, 1.807) is 0 Å². The van der Waals surface area contributed by atoms with Gasteiger partial charge >= 0.3 is 0 Å². The van der Waals surface area contributed by atoms with Crippen molar-refractivity contribution in [1.29, 1.82) is 5.26 Å².